The summed E-state index contributed by atoms with van der Waals surface area (Å²) in [4.78, 5) is 14.2. The van der Waals surface area contributed by atoms with Gasteiger partial charge in [-0.15, -0.1) is 0 Å². The molecule has 1 aromatic rings. The van der Waals surface area contributed by atoms with Crippen LogP contribution < -0.4 is 11.1 Å². The van der Waals surface area contributed by atoms with Crippen molar-refractivity contribution < 1.29 is 9.18 Å². The zero-order valence-electron chi connectivity index (χ0n) is 11.4. The highest BCUT2D eigenvalue weighted by atomic mass is 32.1. The number of amides is 1. The van der Waals surface area contributed by atoms with Crippen LogP contribution in [0.1, 0.15) is 25.3 Å². The molecule has 0 spiro atoms. The highest BCUT2D eigenvalue weighted by Gasteiger charge is 2.23. The van der Waals surface area contributed by atoms with E-state index in [1.165, 1.54) is 12.1 Å². The van der Waals surface area contributed by atoms with Gasteiger partial charge in [-0.2, -0.15) is 0 Å². The maximum atomic E-state index is 13.2. The Morgan fingerprint density at radius 3 is 2.70 bits per heavy atom. The molecule has 0 aromatic heterocycles. The van der Waals surface area contributed by atoms with Gasteiger partial charge in [0.05, 0.1) is 0 Å². The van der Waals surface area contributed by atoms with Crippen LogP contribution in [0.25, 0.3) is 0 Å². The first kappa shape index (κ1) is 14.7. The Hall–Kier alpha value is -1.69. The number of halogens is 1. The van der Waals surface area contributed by atoms with Crippen molar-refractivity contribution in [3.8, 4) is 0 Å². The Labute approximate surface area is 123 Å². The van der Waals surface area contributed by atoms with Crippen LogP contribution in [0, 0.1) is 5.82 Å². The molecule has 0 saturated carbocycles. The molecule has 0 bridgehead atoms. The molecule has 0 radical (unpaired) electrons. The van der Waals surface area contributed by atoms with Gasteiger partial charge in [0.25, 0.3) is 0 Å². The second kappa shape index (κ2) is 6.17. The summed E-state index contributed by atoms with van der Waals surface area (Å²) in [6.07, 6.45) is 2.10. The number of nitrogens with one attached hydrogen (secondary N) is 1. The van der Waals surface area contributed by atoms with Gasteiger partial charge in [0.1, 0.15) is 16.8 Å². The molecular formula is C14H18FN3OS. The lowest BCUT2D eigenvalue weighted by atomic mass is 10.1. The number of nitrogens with zero attached hydrogens (tertiary/aromatic N) is 1. The summed E-state index contributed by atoms with van der Waals surface area (Å²) in [5.74, 6) is -0.363. The van der Waals surface area contributed by atoms with Crippen LogP contribution in [-0.2, 0) is 4.79 Å². The molecule has 0 aliphatic carbocycles. The van der Waals surface area contributed by atoms with Crippen LogP contribution in [0.4, 0.5) is 10.1 Å². The molecule has 6 heteroatoms. The van der Waals surface area contributed by atoms with Gasteiger partial charge in [-0.25, -0.2) is 4.39 Å². The summed E-state index contributed by atoms with van der Waals surface area (Å²) in [6, 6.07) is 3.75. The van der Waals surface area contributed by atoms with E-state index in [1.54, 1.807) is 13.0 Å². The van der Waals surface area contributed by atoms with Crippen molar-refractivity contribution in [2.75, 3.05) is 18.4 Å². The molecule has 1 amide bonds. The van der Waals surface area contributed by atoms with Crippen molar-refractivity contribution in [2.24, 2.45) is 5.73 Å². The zero-order valence-corrected chi connectivity index (χ0v) is 12.2. The average molecular weight is 295 g/mol. The van der Waals surface area contributed by atoms with E-state index in [0.717, 1.165) is 25.9 Å². The number of carbonyl (C=O) groups is 1. The number of nitrogens with two attached hydrogens (primary N) is 1. The molecule has 1 atom stereocenters. The summed E-state index contributed by atoms with van der Waals surface area (Å²) < 4.78 is 13.2. The van der Waals surface area contributed by atoms with Gasteiger partial charge < -0.3 is 16.0 Å². The van der Waals surface area contributed by atoms with Crippen molar-refractivity contribution in [3.63, 3.8) is 0 Å². The smallest absolute Gasteiger partial charge is 0.244 e. The van der Waals surface area contributed by atoms with E-state index in [4.69, 9.17) is 18.0 Å². The molecular weight excluding hydrogens is 277 g/mol. The fourth-order valence-electron chi connectivity index (χ4n) is 2.35. The minimum Gasteiger partial charge on any atom is -0.389 e. The molecule has 1 saturated heterocycles. The molecule has 108 valence electrons. The molecule has 1 fully saturated rings. The molecule has 4 nitrogen and oxygen atoms in total. The standard InChI is InChI=1S/C14H18FN3OS/c1-9(14(19)18-6-2-3-7-18)17-12-5-4-10(15)8-11(12)13(16)20/h4-5,8-9,17H,2-3,6-7H2,1H3,(H2,16,20). The molecule has 1 aromatic carbocycles. The Morgan fingerprint density at radius 2 is 2.10 bits per heavy atom. The van der Waals surface area contributed by atoms with Crippen molar-refractivity contribution in [1.29, 1.82) is 0 Å². The monoisotopic (exact) mass is 295 g/mol. The third-order valence-electron chi connectivity index (χ3n) is 3.41. The number of carbonyl (C=O) groups excluding carboxylic acids is 1. The highest BCUT2D eigenvalue weighted by molar-refractivity contribution is 7.80. The molecule has 1 aliphatic rings. The number of anilines is 1. The van der Waals surface area contributed by atoms with Crippen LogP contribution in [0.3, 0.4) is 0 Å². The first-order valence-corrected chi connectivity index (χ1v) is 7.04. The van der Waals surface area contributed by atoms with E-state index in [0.29, 0.717) is 11.3 Å². The lowest BCUT2D eigenvalue weighted by Crippen LogP contribution is -2.40. The summed E-state index contributed by atoms with van der Waals surface area (Å²) in [6.45, 7) is 3.39. The maximum absolute atomic E-state index is 13.2. The van der Waals surface area contributed by atoms with Gasteiger partial charge >= 0.3 is 0 Å². The van der Waals surface area contributed by atoms with Gasteiger partial charge in [-0.05, 0) is 38.0 Å². The predicted octanol–water partition coefficient (Wildman–Crippen LogP) is 1.88. The average Bonchev–Trinajstić information content (AvgIpc) is 2.93. The molecule has 3 N–H and O–H groups in total. The Morgan fingerprint density at radius 1 is 1.45 bits per heavy atom. The predicted molar refractivity (Wildman–Crippen MR) is 81.2 cm³/mol. The third-order valence-corrected chi connectivity index (χ3v) is 3.63. The van der Waals surface area contributed by atoms with E-state index < -0.39 is 11.9 Å². The van der Waals surface area contributed by atoms with Crippen molar-refractivity contribution in [2.45, 2.75) is 25.8 Å². The topological polar surface area (TPSA) is 58.4 Å². The molecule has 1 heterocycles. The van der Waals surface area contributed by atoms with Crippen LogP contribution in [-0.4, -0.2) is 34.9 Å². The van der Waals surface area contributed by atoms with Gasteiger partial charge in [0.15, 0.2) is 0 Å². The SMILES string of the molecule is CC(Nc1ccc(F)cc1C(N)=S)C(=O)N1CCCC1. The summed E-state index contributed by atoms with van der Waals surface area (Å²) in [7, 11) is 0. The normalized spacial score (nSPS) is 16.0. The third kappa shape index (κ3) is 3.25. The number of rotatable bonds is 4. The lowest BCUT2D eigenvalue weighted by molar-refractivity contribution is -0.130. The Kier molecular flexibility index (Phi) is 4.54. The van der Waals surface area contributed by atoms with Gasteiger partial charge in [0, 0.05) is 24.3 Å². The largest absolute Gasteiger partial charge is 0.389 e. The molecule has 1 unspecified atom stereocenters. The number of thiocarbonyl (C=S) groups is 1. The molecule has 1 aliphatic heterocycles. The van der Waals surface area contributed by atoms with Crippen molar-refractivity contribution in [3.05, 3.63) is 29.6 Å². The van der Waals surface area contributed by atoms with E-state index in [2.05, 4.69) is 5.32 Å². The second-order valence-corrected chi connectivity index (χ2v) is 5.39. The van der Waals surface area contributed by atoms with Crippen LogP contribution >= 0.6 is 12.2 Å². The minimum absolute atomic E-state index is 0.0423. The van der Waals surface area contributed by atoms with Crippen LogP contribution in [0.5, 0.6) is 0 Å². The zero-order chi connectivity index (χ0) is 14.7. The minimum atomic E-state index is -0.406. The van der Waals surface area contributed by atoms with Crippen molar-refractivity contribution >= 4 is 28.8 Å². The molecule has 2 rings (SSSR count). The number of likely N-dealkylation sites (tertiary alicyclic amines) is 1. The fourth-order valence-corrected chi connectivity index (χ4v) is 2.52. The second-order valence-electron chi connectivity index (χ2n) is 4.95. The van der Waals surface area contributed by atoms with E-state index in [1.807, 2.05) is 4.90 Å². The summed E-state index contributed by atoms with van der Waals surface area (Å²) in [5, 5.41) is 3.07. The Bertz CT molecular complexity index is 529. The van der Waals surface area contributed by atoms with E-state index in [9.17, 15) is 9.18 Å². The van der Waals surface area contributed by atoms with Gasteiger partial charge in [0.2, 0.25) is 5.91 Å². The van der Waals surface area contributed by atoms with Crippen LogP contribution in [0.15, 0.2) is 18.2 Å². The maximum Gasteiger partial charge on any atom is 0.244 e. The number of hydrogen-bond donors (Lipinski definition) is 2. The first-order chi connectivity index (χ1) is 9.49. The lowest BCUT2D eigenvalue weighted by Gasteiger charge is -2.23. The van der Waals surface area contributed by atoms with E-state index in [-0.39, 0.29) is 10.9 Å². The quantitative estimate of drug-likeness (QED) is 0.833. The Balaban J connectivity index is 2.12. The van der Waals surface area contributed by atoms with Gasteiger partial charge in [-0.1, -0.05) is 12.2 Å². The summed E-state index contributed by atoms with van der Waals surface area (Å²) >= 11 is 4.91. The van der Waals surface area contributed by atoms with Gasteiger partial charge in [-0.3, -0.25) is 4.79 Å². The van der Waals surface area contributed by atoms with Crippen LogP contribution in [0.2, 0.25) is 0 Å². The van der Waals surface area contributed by atoms with Crippen molar-refractivity contribution in [1.82, 2.24) is 4.90 Å². The van der Waals surface area contributed by atoms with E-state index >= 15 is 0 Å². The number of benzene rings is 1. The summed E-state index contributed by atoms with van der Waals surface area (Å²) in [5.41, 5.74) is 6.59. The first-order valence-electron chi connectivity index (χ1n) is 6.63. The molecule has 20 heavy (non-hydrogen) atoms. The fraction of sp³-hybridized carbons (Fsp3) is 0.429. The highest BCUT2D eigenvalue weighted by Crippen LogP contribution is 2.19. The number of hydrogen-bond acceptors (Lipinski definition) is 3.